The van der Waals surface area contributed by atoms with Gasteiger partial charge in [0.1, 0.15) is 5.69 Å². The fraction of sp³-hybridized carbons (Fsp3) is 0.250. The van der Waals surface area contributed by atoms with Gasteiger partial charge in [-0.1, -0.05) is 95.8 Å². The number of aromatic nitrogens is 3. The van der Waals surface area contributed by atoms with Crippen molar-refractivity contribution >= 4 is 6.03 Å². The van der Waals surface area contributed by atoms with Crippen molar-refractivity contribution < 1.29 is 9.90 Å². The second-order valence-electron chi connectivity index (χ2n) is 8.78. The van der Waals surface area contributed by atoms with Crippen molar-refractivity contribution in [1.82, 2.24) is 19.9 Å². The molecule has 4 aromatic rings. The van der Waals surface area contributed by atoms with Crippen LogP contribution in [0.25, 0.3) is 0 Å². The van der Waals surface area contributed by atoms with Crippen molar-refractivity contribution in [2.24, 2.45) is 0 Å². The van der Waals surface area contributed by atoms with E-state index in [1.54, 1.807) is 0 Å². The number of amides is 1. The van der Waals surface area contributed by atoms with Gasteiger partial charge in [0.2, 0.25) is 0 Å². The maximum Gasteiger partial charge on any atom is 0.362 e. The number of rotatable bonds is 5. The van der Waals surface area contributed by atoms with Crippen molar-refractivity contribution in [3.8, 4) is 0 Å². The number of likely N-dealkylation sites (tertiary alicyclic amines) is 1. The Morgan fingerprint density at radius 2 is 1.47 bits per heavy atom. The lowest BCUT2D eigenvalue weighted by Gasteiger charge is -2.35. The number of carbonyl (C=O) groups is 1. The van der Waals surface area contributed by atoms with Crippen molar-refractivity contribution in [2.75, 3.05) is 6.54 Å². The molecule has 0 bridgehead atoms. The molecule has 5 rings (SSSR count). The normalized spacial score (nSPS) is 16.4. The van der Waals surface area contributed by atoms with Crippen LogP contribution in [0.1, 0.15) is 41.6 Å². The minimum absolute atomic E-state index is 0.0974. The monoisotopic (exact) mass is 452 g/mol. The molecule has 34 heavy (non-hydrogen) atoms. The van der Waals surface area contributed by atoms with Crippen molar-refractivity contribution in [1.29, 1.82) is 0 Å². The van der Waals surface area contributed by atoms with Crippen LogP contribution in [0.15, 0.2) is 97.2 Å². The third-order valence-corrected chi connectivity index (χ3v) is 6.60. The number of benzene rings is 3. The van der Waals surface area contributed by atoms with Crippen LogP contribution in [-0.2, 0) is 12.0 Å². The van der Waals surface area contributed by atoms with Gasteiger partial charge >= 0.3 is 6.03 Å². The lowest BCUT2D eigenvalue weighted by molar-refractivity contribution is 0.119. The topological polar surface area (TPSA) is 71.2 Å². The number of piperidine rings is 1. The summed E-state index contributed by atoms with van der Waals surface area (Å²) in [5.74, 6) is 0. The van der Waals surface area contributed by atoms with Gasteiger partial charge in [0.05, 0.1) is 6.20 Å². The van der Waals surface area contributed by atoms with Gasteiger partial charge in [-0.3, -0.25) is 0 Å². The first kappa shape index (κ1) is 22.0. The van der Waals surface area contributed by atoms with E-state index in [1.165, 1.54) is 11.8 Å². The first-order valence-corrected chi connectivity index (χ1v) is 11.8. The van der Waals surface area contributed by atoms with E-state index in [9.17, 15) is 9.90 Å². The van der Waals surface area contributed by atoms with Gasteiger partial charge in [0, 0.05) is 12.6 Å². The fourth-order valence-electron chi connectivity index (χ4n) is 4.81. The Morgan fingerprint density at radius 3 is 2.09 bits per heavy atom. The molecule has 6 nitrogen and oxygen atoms in total. The summed E-state index contributed by atoms with van der Waals surface area (Å²) in [6, 6.07) is 28.8. The van der Waals surface area contributed by atoms with Crippen molar-refractivity contribution in [3.05, 3.63) is 120 Å². The molecule has 1 fully saturated rings. The van der Waals surface area contributed by atoms with Gasteiger partial charge in [-0.15, -0.1) is 5.10 Å². The number of aliphatic hydroxyl groups is 1. The molecule has 1 aliphatic rings. The second kappa shape index (κ2) is 9.61. The maximum atomic E-state index is 13.5. The molecular weight excluding hydrogens is 424 g/mol. The highest BCUT2D eigenvalue weighted by atomic mass is 16.3. The summed E-state index contributed by atoms with van der Waals surface area (Å²) in [6.45, 7) is 0.675. The molecule has 0 radical (unpaired) electrons. The van der Waals surface area contributed by atoms with E-state index in [1.807, 2.05) is 83.8 Å². The molecule has 1 saturated heterocycles. The van der Waals surface area contributed by atoms with Gasteiger partial charge < -0.3 is 10.0 Å². The molecule has 1 atom stereocenters. The highest BCUT2D eigenvalue weighted by molar-refractivity contribution is 5.75. The lowest BCUT2D eigenvalue weighted by Crippen LogP contribution is -2.47. The molecule has 1 aliphatic heterocycles. The molecule has 6 heteroatoms. The van der Waals surface area contributed by atoms with Gasteiger partial charge in [-0.25, -0.2) is 4.79 Å². The quantitative estimate of drug-likeness (QED) is 0.479. The van der Waals surface area contributed by atoms with Crippen LogP contribution in [0.5, 0.6) is 0 Å². The van der Waals surface area contributed by atoms with Crippen LogP contribution < -0.4 is 0 Å². The standard InChI is InChI=1S/C28H28N4O2/c33-27(31-19-11-10-18-25(31)20-22-12-4-1-5-13-22)32-29-21-26(30-32)28(34,23-14-6-2-7-15-23)24-16-8-3-9-17-24/h1-9,12-17,21,25,34H,10-11,18-20H2. The van der Waals surface area contributed by atoms with E-state index in [2.05, 4.69) is 22.3 Å². The Hall–Kier alpha value is -3.77. The van der Waals surface area contributed by atoms with Crippen molar-refractivity contribution in [2.45, 2.75) is 37.3 Å². The number of carbonyl (C=O) groups excluding carboxylic acids is 1. The number of nitrogens with zero attached hydrogens (tertiary/aromatic N) is 4. The Kier molecular flexibility index (Phi) is 6.23. The molecule has 0 aliphatic carbocycles. The van der Waals surface area contributed by atoms with Crippen LogP contribution in [-0.4, -0.2) is 43.6 Å². The molecule has 1 aromatic heterocycles. The molecule has 0 saturated carbocycles. The lowest BCUT2D eigenvalue weighted by atomic mass is 9.84. The minimum Gasteiger partial charge on any atom is -0.374 e. The molecule has 172 valence electrons. The van der Waals surface area contributed by atoms with E-state index < -0.39 is 5.60 Å². The minimum atomic E-state index is -1.52. The van der Waals surface area contributed by atoms with Crippen LogP contribution in [0.4, 0.5) is 4.79 Å². The molecule has 3 aromatic carbocycles. The summed E-state index contributed by atoms with van der Waals surface area (Å²) in [5, 5.41) is 20.8. The van der Waals surface area contributed by atoms with Crippen LogP contribution in [0.3, 0.4) is 0 Å². The Balaban J connectivity index is 1.46. The van der Waals surface area contributed by atoms with E-state index >= 15 is 0 Å². The zero-order valence-corrected chi connectivity index (χ0v) is 19.0. The number of hydrogen-bond donors (Lipinski definition) is 1. The predicted molar refractivity (Wildman–Crippen MR) is 130 cm³/mol. The predicted octanol–water partition coefficient (Wildman–Crippen LogP) is 4.63. The highest BCUT2D eigenvalue weighted by Crippen LogP contribution is 2.35. The zero-order valence-electron chi connectivity index (χ0n) is 19.0. The van der Waals surface area contributed by atoms with E-state index in [0.717, 1.165) is 30.5 Å². The summed E-state index contributed by atoms with van der Waals surface area (Å²) in [6.07, 6.45) is 5.31. The van der Waals surface area contributed by atoms with Gasteiger partial charge in [0.25, 0.3) is 0 Å². The maximum absolute atomic E-state index is 13.5. The molecule has 0 spiro atoms. The summed E-state index contributed by atoms with van der Waals surface area (Å²) in [4.78, 5) is 16.5. The molecule has 1 unspecified atom stereocenters. The number of hydrogen-bond acceptors (Lipinski definition) is 4. The Morgan fingerprint density at radius 1 is 0.882 bits per heavy atom. The van der Waals surface area contributed by atoms with Crippen LogP contribution in [0, 0.1) is 0 Å². The fourth-order valence-corrected chi connectivity index (χ4v) is 4.81. The van der Waals surface area contributed by atoms with E-state index in [0.29, 0.717) is 23.4 Å². The highest BCUT2D eigenvalue weighted by Gasteiger charge is 2.38. The van der Waals surface area contributed by atoms with Crippen LogP contribution >= 0.6 is 0 Å². The van der Waals surface area contributed by atoms with Crippen LogP contribution in [0.2, 0.25) is 0 Å². The summed E-state index contributed by atoms with van der Waals surface area (Å²) >= 11 is 0. The smallest absolute Gasteiger partial charge is 0.362 e. The van der Waals surface area contributed by atoms with Gasteiger partial charge in [-0.2, -0.15) is 5.10 Å². The third-order valence-electron chi connectivity index (χ3n) is 6.60. The largest absolute Gasteiger partial charge is 0.374 e. The first-order chi connectivity index (χ1) is 16.7. The average Bonchev–Trinajstić information content (AvgIpc) is 3.41. The Bertz CT molecular complexity index is 1190. The van der Waals surface area contributed by atoms with Gasteiger partial charge in [-0.05, 0) is 42.4 Å². The van der Waals surface area contributed by atoms with Gasteiger partial charge in [0.15, 0.2) is 5.60 Å². The average molecular weight is 453 g/mol. The zero-order chi connectivity index (χ0) is 23.4. The summed E-state index contributed by atoms with van der Waals surface area (Å²) in [7, 11) is 0. The SMILES string of the molecule is O=C(N1CCCCC1Cc1ccccc1)n1ncc(C(O)(c2ccccc2)c2ccccc2)n1. The molecule has 1 N–H and O–H groups in total. The molecule has 2 heterocycles. The molecule has 1 amide bonds. The summed E-state index contributed by atoms with van der Waals surface area (Å²) in [5.41, 5.74) is 1.34. The van der Waals surface area contributed by atoms with Crippen molar-refractivity contribution in [3.63, 3.8) is 0 Å². The Labute approximate surface area is 199 Å². The van der Waals surface area contributed by atoms with E-state index in [4.69, 9.17) is 0 Å². The summed E-state index contributed by atoms with van der Waals surface area (Å²) < 4.78 is 0. The van der Waals surface area contributed by atoms with E-state index in [-0.39, 0.29) is 12.1 Å². The third kappa shape index (κ3) is 4.24. The second-order valence-corrected chi connectivity index (χ2v) is 8.78. The molecular formula is C28H28N4O2. The first-order valence-electron chi connectivity index (χ1n) is 11.8.